The van der Waals surface area contributed by atoms with Crippen molar-refractivity contribution in [2.24, 2.45) is 0 Å². The molecule has 0 fully saturated rings. The second kappa shape index (κ2) is 10.0. The SMILES string of the molecule is COc1ccc([C@H](Nc2cc(C)ccn2)c2c(NC(=O)c3ccco3)sc(C)c2C)c(OC)c1. The largest absolute Gasteiger partial charge is 0.497 e. The molecule has 1 amide bonds. The number of methoxy groups -OCH3 is 2. The van der Waals surface area contributed by atoms with E-state index in [0.29, 0.717) is 11.5 Å². The zero-order valence-electron chi connectivity index (χ0n) is 19.8. The fourth-order valence-corrected chi connectivity index (χ4v) is 4.88. The third kappa shape index (κ3) is 4.77. The highest BCUT2D eigenvalue weighted by atomic mass is 32.1. The molecule has 1 aromatic carbocycles. The number of ether oxygens (including phenoxy) is 2. The van der Waals surface area contributed by atoms with Crippen molar-refractivity contribution in [2.75, 3.05) is 24.9 Å². The van der Waals surface area contributed by atoms with Gasteiger partial charge in [-0.3, -0.25) is 4.79 Å². The van der Waals surface area contributed by atoms with Crippen LogP contribution in [0, 0.1) is 20.8 Å². The summed E-state index contributed by atoms with van der Waals surface area (Å²) >= 11 is 1.52. The molecule has 7 nitrogen and oxygen atoms in total. The highest BCUT2D eigenvalue weighted by Crippen LogP contribution is 2.44. The van der Waals surface area contributed by atoms with Crippen LogP contribution in [0.2, 0.25) is 0 Å². The topological polar surface area (TPSA) is 85.6 Å². The maximum atomic E-state index is 12.8. The van der Waals surface area contributed by atoms with Crippen molar-refractivity contribution in [2.45, 2.75) is 26.8 Å². The molecular weight excluding hydrogens is 450 g/mol. The van der Waals surface area contributed by atoms with Crippen LogP contribution < -0.4 is 20.1 Å². The smallest absolute Gasteiger partial charge is 0.291 e. The zero-order valence-corrected chi connectivity index (χ0v) is 20.6. The molecule has 8 heteroatoms. The molecular formula is C26H27N3O4S. The van der Waals surface area contributed by atoms with E-state index in [1.54, 1.807) is 32.5 Å². The number of nitrogens with zero attached hydrogens (tertiary/aromatic N) is 1. The van der Waals surface area contributed by atoms with E-state index >= 15 is 0 Å². The maximum Gasteiger partial charge on any atom is 0.291 e. The normalized spacial score (nSPS) is 11.7. The number of aryl methyl sites for hydroxylation is 2. The number of furan rings is 1. The number of pyridine rings is 1. The summed E-state index contributed by atoms with van der Waals surface area (Å²) in [6.45, 7) is 6.11. The van der Waals surface area contributed by atoms with Gasteiger partial charge in [0.05, 0.1) is 26.5 Å². The van der Waals surface area contributed by atoms with E-state index in [1.165, 1.54) is 17.6 Å². The molecule has 0 unspecified atom stereocenters. The average Bonchev–Trinajstić information content (AvgIpc) is 3.46. The number of thiophene rings is 1. The zero-order chi connectivity index (χ0) is 24.2. The number of aromatic nitrogens is 1. The third-order valence-electron chi connectivity index (χ3n) is 5.65. The van der Waals surface area contributed by atoms with Gasteiger partial charge in [0.1, 0.15) is 22.3 Å². The highest BCUT2D eigenvalue weighted by Gasteiger charge is 2.28. The second-order valence-corrected chi connectivity index (χ2v) is 9.09. The minimum absolute atomic E-state index is 0.251. The number of hydrogen-bond acceptors (Lipinski definition) is 7. The minimum Gasteiger partial charge on any atom is -0.497 e. The molecule has 4 aromatic rings. The van der Waals surface area contributed by atoms with Crippen molar-refractivity contribution in [1.82, 2.24) is 4.98 Å². The minimum atomic E-state index is -0.355. The van der Waals surface area contributed by atoms with Gasteiger partial charge < -0.3 is 24.5 Å². The number of rotatable bonds is 8. The van der Waals surface area contributed by atoms with Gasteiger partial charge in [-0.1, -0.05) is 0 Å². The van der Waals surface area contributed by atoms with Gasteiger partial charge in [0.2, 0.25) is 0 Å². The quantitative estimate of drug-likeness (QED) is 0.317. The lowest BCUT2D eigenvalue weighted by molar-refractivity contribution is 0.0997. The van der Waals surface area contributed by atoms with Crippen LogP contribution in [0.15, 0.2) is 59.3 Å². The lowest BCUT2D eigenvalue weighted by atomic mass is 9.95. The molecule has 2 N–H and O–H groups in total. The van der Waals surface area contributed by atoms with Crippen LogP contribution in [-0.2, 0) is 0 Å². The number of amides is 1. The molecule has 0 aliphatic rings. The maximum absolute atomic E-state index is 12.8. The molecule has 0 spiro atoms. The molecule has 0 saturated heterocycles. The van der Waals surface area contributed by atoms with Crippen molar-refractivity contribution in [3.05, 3.63) is 87.8 Å². The van der Waals surface area contributed by atoms with Crippen molar-refractivity contribution in [3.63, 3.8) is 0 Å². The van der Waals surface area contributed by atoms with Crippen molar-refractivity contribution in [1.29, 1.82) is 0 Å². The van der Waals surface area contributed by atoms with Crippen LogP contribution in [0.25, 0.3) is 0 Å². The highest BCUT2D eigenvalue weighted by molar-refractivity contribution is 7.16. The first kappa shape index (κ1) is 23.4. The summed E-state index contributed by atoms with van der Waals surface area (Å²) in [6, 6.07) is 12.6. The van der Waals surface area contributed by atoms with Gasteiger partial charge in [0, 0.05) is 28.3 Å². The summed E-state index contributed by atoms with van der Waals surface area (Å²) in [5, 5.41) is 7.34. The Labute approximate surface area is 202 Å². The third-order valence-corrected chi connectivity index (χ3v) is 6.79. The Bertz CT molecular complexity index is 1300. The van der Waals surface area contributed by atoms with Gasteiger partial charge in [0.25, 0.3) is 5.91 Å². The fourth-order valence-electron chi connectivity index (χ4n) is 3.78. The Morgan fingerprint density at radius 2 is 1.91 bits per heavy atom. The molecule has 176 valence electrons. The molecule has 0 saturated carbocycles. The van der Waals surface area contributed by atoms with Gasteiger partial charge in [-0.15, -0.1) is 11.3 Å². The van der Waals surface area contributed by atoms with Gasteiger partial charge in [0.15, 0.2) is 5.76 Å². The molecule has 4 rings (SSSR count). The van der Waals surface area contributed by atoms with E-state index < -0.39 is 0 Å². The summed E-state index contributed by atoms with van der Waals surface area (Å²) < 4.78 is 16.4. The van der Waals surface area contributed by atoms with Gasteiger partial charge in [-0.2, -0.15) is 0 Å². The summed E-state index contributed by atoms with van der Waals surface area (Å²) in [6.07, 6.45) is 3.25. The van der Waals surface area contributed by atoms with Gasteiger partial charge >= 0.3 is 0 Å². The van der Waals surface area contributed by atoms with Crippen molar-refractivity contribution >= 4 is 28.1 Å². The van der Waals surface area contributed by atoms with Crippen LogP contribution in [0.3, 0.4) is 0 Å². The number of nitrogens with one attached hydrogen (secondary N) is 2. The van der Waals surface area contributed by atoms with Crippen LogP contribution in [0.4, 0.5) is 10.8 Å². The number of carbonyl (C=O) groups excluding carboxylic acids is 1. The van der Waals surface area contributed by atoms with Crippen LogP contribution >= 0.6 is 11.3 Å². The van der Waals surface area contributed by atoms with E-state index in [1.807, 2.05) is 44.2 Å². The fraction of sp³-hybridized carbons (Fsp3) is 0.231. The molecule has 3 heterocycles. The van der Waals surface area contributed by atoms with Crippen molar-refractivity contribution in [3.8, 4) is 11.5 Å². The van der Waals surface area contributed by atoms with Gasteiger partial charge in [-0.25, -0.2) is 4.98 Å². The predicted molar refractivity (Wildman–Crippen MR) is 134 cm³/mol. The monoisotopic (exact) mass is 477 g/mol. The number of anilines is 2. The Kier molecular flexibility index (Phi) is 6.88. The number of benzene rings is 1. The van der Waals surface area contributed by atoms with Crippen molar-refractivity contribution < 1.29 is 18.7 Å². The van der Waals surface area contributed by atoms with E-state index in [-0.39, 0.29) is 17.7 Å². The van der Waals surface area contributed by atoms with E-state index in [0.717, 1.165) is 37.9 Å². The molecule has 0 aliphatic heterocycles. The Hall–Kier alpha value is -3.78. The molecule has 3 aromatic heterocycles. The van der Waals surface area contributed by atoms with Gasteiger partial charge in [-0.05, 0) is 68.3 Å². The summed E-state index contributed by atoms with van der Waals surface area (Å²) in [7, 11) is 3.25. The molecule has 34 heavy (non-hydrogen) atoms. The summed E-state index contributed by atoms with van der Waals surface area (Å²) in [4.78, 5) is 18.5. The van der Waals surface area contributed by atoms with Crippen LogP contribution in [-0.4, -0.2) is 25.1 Å². The average molecular weight is 478 g/mol. The van der Waals surface area contributed by atoms with Crippen LogP contribution in [0.5, 0.6) is 11.5 Å². The first-order chi connectivity index (χ1) is 16.4. The molecule has 0 radical (unpaired) electrons. The summed E-state index contributed by atoms with van der Waals surface area (Å²) in [5.74, 6) is 2.02. The first-order valence-electron chi connectivity index (χ1n) is 10.8. The molecule has 0 aliphatic carbocycles. The summed E-state index contributed by atoms with van der Waals surface area (Å²) in [5.41, 5.74) is 3.99. The predicted octanol–water partition coefficient (Wildman–Crippen LogP) is 6.13. The first-order valence-corrected chi connectivity index (χ1v) is 11.6. The number of carbonyl (C=O) groups is 1. The van der Waals surface area contributed by atoms with Crippen LogP contribution in [0.1, 0.15) is 43.7 Å². The molecule has 0 bridgehead atoms. The second-order valence-electron chi connectivity index (χ2n) is 7.86. The Balaban J connectivity index is 1.85. The number of hydrogen-bond donors (Lipinski definition) is 2. The molecule has 1 atom stereocenters. The van der Waals surface area contributed by atoms with E-state index in [4.69, 9.17) is 13.9 Å². The van der Waals surface area contributed by atoms with E-state index in [9.17, 15) is 4.79 Å². The Morgan fingerprint density at radius 1 is 1.09 bits per heavy atom. The van der Waals surface area contributed by atoms with E-state index in [2.05, 4.69) is 22.5 Å². The standard InChI is InChI=1S/C26H27N3O4S/c1-15-10-11-27-22(13-15)28-24(19-9-8-18(31-4)14-21(19)32-5)23-16(2)17(3)34-26(23)29-25(30)20-7-6-12-33-20/h6-14,24H,1-5H3,(H,27,28)(H,29,30)/t24-/m0/s1. The lowest BCUT2D eigenvalue weighted by Gasteiger charge is -2.24. The lowest BCUT2D eigenvalue weighted by Crippen LogP contribution is -2.18. The Morgan fingerprint density at radius 3 is 2.59 bits per heavy atom.